The van der Waals surface area contributed by atoms with Crippen LogP contribution >= 0.6 is 0 Å². The van der Waals surface area contributed by atoms with Gasteiger partial charge < -0.3 is 4.74 Å². The average Bonchev–Trinajstić information content (AvgIpc) is 3.18. The first-order chi connectivity index (χ1) is 10.7. The summed E-state index contributed by atoms with van der Waals surface area (Å²) >= 11 is 0. The van der Waals surface area contributed by atoms with E-state index in [1.54, 1.807) is 0 Å². The van der Waals surface area contributed by atoms with Gasteiger partial charge in [0.2, 0.25) is 0 Å². The fourth-order valence-electron chi connectivity index (χ4n) is 2.78. The van der Waals surface area contributed by atoms with Crippen LogP contribution < -0.4 is 4.74 Å². The SMILES string of the molecule is CC(C)Oc1ccc2ccc(-c3ncn[nH]3)nc2c1C1CC1. The Morgan fingerprint density at radius 1 is 1.18 bits per heavy atom. The Bertz CT molecular complexity index is 807. The van der Waals surface area contributed by atoms with Gasteiger partial charge in [-0.05, 0) is 50.8 Å². The molecule has 2 heterocycles. The first-order valence-electron chi connectivity index (χ1n) is 7.68. The Kier molecular flexibility index (Phi) is 3.06. The van der Waals surface area contributed by atoms with Crippen molar-refractivity contribution in [3.05, 3.63) is 36.2 Å². The number of ether oxygens (including phenoxy) is 1. The van der Waals surface area contributed by atoms with Crippen LogP contribution in [0.25, 0.3) is 22.4 Å². The van der Waals surface area contributed by atoms with Crippen LogP contribution in [0.4, 0.5) is 0 Å². The van der Waals surface area contributed by atoms with E-state index in [1.165, 1.54) is 24.7 Å². The summed E-state index contributed by atoms with van der Waals surface area (Å²) < 4.78 is 6.01. The van der Waals surface area contributed by atoms with Gasteiger partial charge in [-0.2, -0.15) is 5.10 Å². The van der Waals surface area contributed by atoms with Gasteiger partial charge in [-0.25, -0.2) is 9.97 Å². The minimum absolute atomic E-state index is 0.160. The van der Waals surface area contributed by atoms with Crippen molar-refractivity contribution in [2.75, 3.05) is 0 Å². The molecule has 22 heavy (non-hydrogen) atoms. The van der Waals surface area contributed by atoms with Crippen molar-refractivity contribution < 1.29 is 4.74 Å². The zero-order valence-corrected chi connectivity index (χ0v) is 12.7. The second-order valence-electron chi connectivity index (χ2n) is 6.02. The number of nitrogens with one attached hydrogen (secondary N) is 1. The molecule has 5 heteroatoms. The van der Waals surface area contributed by atoms with Crippen LogP contribution in [0.2, 0.25) is 0 Å². The van der Waals surface area contributed by atoms with Crippen LogP contribution in [0, 0.1) is 0 Å². The molecule has 1 aliphatic rings. The highest BCUT2D eigenvalue weighted by molar-refractivity contribution is 5.86. The van der Waals surface area contributed by atoms with Crippen molar-refractivity contribution in [1.82, 2.24) is 20.2 Å². The summed E-state index contributed by atoms with van der Waals surface area (Å²) in [5, 5.41) is 7.92. The summed E-state index contributed by atoms with van der Waals surface area (Å²) in [5.41, 5.74) is 3.08. The maximum atomic E-state index is 6.01. The highest BCUT2D eigenvalue weighted by Gasteiger charge is 2.30. The standard InChI is InChI=1S/C17H18N4O/c1-10(2)22-14-8-6-12-5-7-13(17-18-9-19-21-17)20-16(12)15(14)11-3-4-11/h5-11H,3-4H2,1-2H3,(H,18,19,21). The maximum absolute atomic E-state index is 6.01. The zero-order valence-electron chi connectivity index (χ0n) is 12.7. The van der Waals surface area contributed by atoms with E-state index in [4.69, 9.17) is 9.72 Å². The minimum atomic E-state index is 0.160. The molecule has 0 bridgehead atoms. The molecule has 5 nitrogen and oxygen atoms in total. The molecule has 2 aromatic heterocycles. The topological polar surface area (TPSA) is 63.7 Å². The summed E-state index contributed by atoms with van der Waals surface area (Å²) in [4.78, 5) is 9.03. The molecule has 0 saturated heterocycles. The van der Waals surface area contributed by atoms with E-state index < -0.39 is 0 Å². The smallest absolute Gasteiger partial charge is 0.174 e. The minimum Gasteiger partial charge on any atom is -0.491 e. The molecule has 3 aromatic rings. The quantitative estimate of drug-likeness (QED) is 0.797. The van der Waals surface area contributed by atoms with Crippen molar-refractivity contribution >= 4 is 10.9 Å². The third-order valence-electron chi connectivity index (χ3n) is 3.87. The van der Waals surface area contributed by atoms with Gasteiger partial charge >= 0.3 is 0 Å². The van der Waals surface area contributed by atoms with Crippen molar-refractivity contribution in [3.63, 3.8) is 0 Å². The zero-order chi connectivity index (χ0) is 15.1. The maximum Gasteiger partial charge on any atom is 0.174 e. The van der Waals surface area contributed by atoms with Gasteiger partial charge in [0.25, 0.3) is 0 Å². The molecule has 1 aromatic carbocycles. The molecule has 4 rings (SSSR count). The number of pyridine rings is 1. The Labute approximate surface area is 128 Å². The lowest BCUT2D eigenvalue weighted by atomic mass is 10.0. The van der Waals surface area contributed by atoms with Crippen molar-refractivity contribution in [1.29, 1.82) is 0 Å². The molecule has 1 fully saturated rings. The number of fused-ring (bicyclic) bond motifs is 1. The first-order valence-corrected chi connectivity index (χ1v) is 7.68. The van der Waals surface area contributed by atoms with Crippen molar-refractivity contribution in [2.45, 2.75) is 38.7 Å². The molecule has 1 aliphatic carbocycles. The third-order valence-corrected chi connectivity index (χ3v) is 3.87. The summed E-state index contributed by atoms with van der Waals surface area (Å²) in [6, 6.07) is 8.22. The van der Waals surface area contributed by atoms with Crippen LogP contribution in [0.1, 0.15) is 38.2 Å². The molecule has 0 spiro atoms. The Balaban J connectivity index is 1.91. The summed E-state index contributed by atoms with van der Waals surface area (Å²) in [6.45, 7) is 4.11. The van der Waals surface area contributed by atoms with Gasteiger partial charge in [-0.3, -0.25) is 5.10 Å². The second-order valence-corrected chi connectivity index (χ2v) is 6.02. The third kappa shape index (κ3) is 2.32. The highest BCUT2D eigenvalue weighted by atomic mass is 16.5. The molecular formula is C17H18N4O. The number of aromatic nitrogens is 4. The lowest BCUT2D eigenvalue weighted by Crippen LogP contribution is -2.08. The number of benzene rings is 1. The largest absolute Gasteiger partial charge is 0.491 e. The monoisotopic (exact) mass is 294 g/mol. The van der Waals surface area contributed by atoms with Crippen LogP contribution in [0.3, 0.4) is 0 Å². The fourth-order valence-corrected chi connectivity index (χ4v) is 2.78. The molecule has 1 N–H and O–H groups in total. The van der Waals surface area contributed by atoms with Crippen molar-refractivity contribution in [3.8, 4) is 17.3 Å². The molecule has 0 aliphatic heterocycles. The molecule has 0 unspecified atom stereocenters. The van der Waals surface area contributed by atoms with E-state index in [-0.39, 0.29) is 6.10 Å². The highest BCUT2D eigenvalue weighted by Crippen LogP contribution is 2.47. The molecule has 112 valence electrons. The Morgan fingerprint density at radius 2 is 2.00 bits per heavy atom. The van der Waals surface area contributed by atoms with E-state index in [0.29, 0.717) is 11.7 Å². The number of hydrogen-bond acceptors (Lipinski definition) is 4. The second kappa shape index (κ2) is 5.09. The molecular weight excluding hydrogens is 276 g/mol. The number of nitrogens with zero attached hydrogens (tertiary/aromatic N) is 3. The fraction of sp³-hybridized carbons (Fsp3) is 0.353. The van der Waals surface area contributed by atoms with Gasteiger partial charge in [0.15, 0.2) is 5.82 Å². The summed E-state index contributed by atoms with van der Waals surface area (Å²) in [5.74, 6) is 2.22. The Hall–Kier alpha value is -2.43. The Morgan fingerprint density at radius 3 is 2.68 bits per heavy atom. The predicted octanol–water partition coefficient (Wildman–Crippen LogP) is 3.68. The van der Waals surface area contributed by atoms with Crippen LogP contribution in [0.15, 0.2) is 30.6 Å². The van der Waals surface area contributed by atoms with Crippen molar-refractivity contribution in [2.24, 2.45) is 0 Å². The summed E-state index contributed by atoms with van der Waals surface area (Å²) in [6.07, 6.45) is 4.08. The van der Waals surface area contributed by atoms with E-state index >= 15 is 0 Å². The van der Waals surface area contributed by atoms with Gasteiger partial charge in [0.05, 0.1) is 11.6 Å². The molecule has 0 radical (unpaired) electrons. The number of hydrogen-bond donors (Lipinski definition) is 1. The van der Waals surface area contributed by atoms with E-state index in [1.807, 2.05) is 6.07 Å². The average molecular weight is 294 g/mol. The van der Waals surface area contributed by atoms with E-state index in [2.05, 4.69) is 47.2 Å². The van der Waals surface area contributed by atoms with Gasteiger partial charge in [0.1, 0.15) is 17.8 Å². The molecule has 0 atom stereocenters. The molecule has 0 amide bonds. The van der Waals surface area contributed by atoms with Gasteiger partial charge in [-0.15, -0.1) is 0 Å². The van der Waals surface area contributed by atoms with E-state index in [9.17, 15) is 0 Å². The normalized spacial score (nSPS) is 14.7. The van der Waals surface area contributed by atoms with Gasteiger partial charge in [0, 0.05) is 10.9 Å². The van der Waals surface area contributed by atoms with Gasteiger partial charge in [-0.1, -0.05) is 6.07 Å². The number of aromatic amines is 1. The van der Waals surface area contributed by atoms with Crippen LogP contribution in [-0.2, 0) is 0 Å². The van der Waals surface area contributed by atoms with Crippen LogP contribution in [0.5, 0.6) is 5.75 Å². The lowest BCUT2D eigenvalue weighted by Gasteiger charge is -2.16. The number of H-pyrrole nitrogens is 1. The predicted molar refractivity (Wildman–Crippen MR) is 84.9 cm³/mol. The number of rotatable bonds is 4. The van der Waals surface area contributed by atoms with Crippen LogP contribution in [-0.4, -0.2) is 26.3 Å². The van der Waals surface area contributed by atoms with E-state index in [0.717, 1.165) is 22.3 Å². The molecule has 1 saturated carbocycles. The summed E-state index contributed by atoms with van der Waals surface area (Å²) in [7, 11) is 0. The first kappa shape index (κ1) is 13.2. The lowest BCUT2D eigenvalue weighted by molar-refractivity contribution is 0.240.